The van der Waals surface area contributed by atoms with Crippen LogP contribution in [0.15, 0.2) is 0 Å². The minimum atomic E-state index is 0.664. The van der Waals surface area contributed by atoms with Crippen molar-refractivity contribution in [2.75, 3.05) is 0 Å². The molecule has 1 rings (SSSR count). The Morgan fingerprint density at radius 3 is 2.33 bits per heavy atom. The van der Waals surface area contributed by atoms with Crippen LogP contribution in [0.4, 0.5) is 0 Å². The van der Waals surface area contributed by atoms with E-state index in [0.29, 0.717) is 5.41 Å². The van der Waals surface area contributed by atoms with E-state index in [0.717, 1.165) is 11.8 Å². The molecular weight excluding hydrogens is 252 g/mol. The van der Waals surface area contributed by atoms with E-state index < -0.39 is 0 Å². The van der Waals surface area contributed by atoms with Crippen molar-refractivity contribution in [2.45, 2.75) is 118 Å². The zero-order chi connectivity index (χ0) is 15.6. The fourth-order valence-corrected chi connectivity index (χ4v) is 4.44. The van der Waals surface area contributed by atoms with Gasteiger partial charge in [-0.1, -0.05) is 105 Å². The molecule has 1 aliphatic carbocycles. The normalized spacial score (nSPS) is 27.7. The highest BCUT2D eigenvalue weighted by molar-refractivity contribution is 4.84. The van der Waals surface area contributed by atoms with E-state index in [1.165, 1.54) is 89.9 Å². The average Bonchev–Trinajstić information content (AvgIpc) is 2.47. The number of hydrogen-bond donors (Lipinski definition) is 0. The molecular formula is C21H42. The molecule has 21 heavy (non-hydrogen) atoms. The topological polar surface area (TPSA) is 0 Å². The van der Waals surface area contributed by atoms with Crippen LogP contribution in [0.3, 0.4) is 0 Å². The highest BCUT2D eigenvalue weighted by Gasteiger charge is 2.32. The van der Waals surface area contributed by atoms with Crippen molar-refractivity contribution in [1.82, 2.24) is 0 Å². The second-order valence-electron chi connectivity index (χ2n) is 8.20. The maximum absolute atomic E-state index is 2.58. The summed E-state index contributed by atoms with van der Waals surface area (Å²) in [6.45, 7) is 9.76. The number of unbranched alkanes of at least 4 members (excludes halogenated alkanes) is 3. The Kier molecular flexibility index (Phi) is 9.69. The molecule has 1 aliphatic rings. The minimum absolute atomic E-state index is 0.664. The van der Waals surface area contributed by atoms with E-state index in [4.69, 9.17) is 0 Å². The van der Waals surface area contributed by atoms with Gasteiger partial charge in [-0.15, -0.1) is 0 Å². The van der Waals surface area contributed by atoms with Crippen LogP contribution < -0.4 is 0 Å². The van der Waals surface area contributed by atoms with Gasteiger partial charge in [0.2, 0.25) is 0 Å². The first-order chi connectivity index (χ1) is 10.1. The number of rotatable bonds is 11. The van der Waals surface area contributed by atoms with E-state index >= 15 is 0 Å². The molecule has 126 valence electrons. The SMILES string of the molecule is CCCCCCC(CCC)CCCC1(C)CCCCC1C. The summed E-state index contributed by atoms with van der Waals surface area (Å²) in [7, 11) is 0. The van der Waals surface area contributed by atoms with Gasteiger partial charge in [0.25, 0.3) is 0 Å². The molecule has 0 bridgehead atoms. The lowest BCUT2D eigenvalue weighted by molar-refractivity contribution is 0.111. The van der Waals surface area contributed by atoms with Crippen LogP contribution in [0.5, 0.6) is 0 Å². The van der Waals surface area contributed by atoms with Crippen LogP contribution in [-0.4, -0.2) is 0 Å². The molecule has 0 heteroatoms. The Balaban J connectivity index is 2.25. The Morgan fingerprint density at radius 2 is 1.67 bits per heavy atom. The maximum Gasteiger partial charge on any atom is -0.0300 e. The van der Waals surface area contributed by atoms with Crippen LogP contribution in [0.1, 0.15) is 118 Å². The second-order valence-corrected chi connectivity index (χ2v) is 8.20. The third-order valence-corrected chi connectivity index (χ3v) is 6.35. The third-order valence-electron chi connectivity index (χ3n) is 6.35. The first-order valence-corrected chi connectivity index (χ1v) is 10.1. The van der Waals surface area contributed by atoms with Crippen molar-refractivity contribution in [1.29, 1.82) is 0 Å². The molecule has 0 saturated heterocycles. The summed E-state index contributed by atoms with van der Waals surface area (Å²) >= 11 is 0. The summed E-state index contributed by atoms with van der Waals surface area (Å²) in [5.41, 5.74) is 0.664. The molecule has 0 heterocycles. The molecule has 0 radical (unpaired) electrons. The third kappa shape index (κ3) is 7.20. The highest BCUT2D eigenvalue weighted by atomic mass is 14.4. The summed E-state index contributed by atoms with van der Waals surface area (Å²) in [6.07, 6.45) is 20.5. The van der Waals surface area contributed by atoms with Crippen LogP contribution in [0, 0.1) is 17.3 Å². The molecule has 0 aromatic rings. The van der Waals surface area contributed by atoms with Gasteiger partial charge < -0.3 is 0 Å². The Labute approximate surface area is 135 Å². The van der Waals surface area contributed by atoms with Gasteiger partial charge in [-0.25, -0.2) is 0 Å². The van der Waals surface area contributed by atoms with E-state index in [1.807, 2.05) is 0 Å². The van der Waals surface area contributed by atoms with Gasteiger partial charge in [0, 0.05) is 0 Å². The van der Waals surface area contributed by atoms with Crippen LogP contribution in [0.25, 0.3) is 0 Å². The smallest absolute Gasteiger partial charge is 0.0300 e. The predicted octanol–water partition coefficient (Wildman–Crippen LogP) is 7.76. The van der Waals surface area contributed by atoms with Crippen LogP contribution in [0.2, 0.25) is 0 Å². The lowest BCUT2D eigenvalue weighted by Gasteiger charge is -2.40. The van der Waals surface area contributed by atoms with Crippen molar-refractivity contribution >= 4 is 0 Å². The predicted molar refractivity (Wildman–Crippen MR) is 96.7 cm³/mol. The van der Waals surface area contributed by atoms with Crippen LogP contribution >= 0.6 is 0 Å². The van der Waals surface area contributed by atoms with Crippen molar-refractivity contribution in [3.05, 3.63) is 0 Å². The average molecular weight is 295 g/mol. The van der Waals surface area contributed by atoms with Gasteiger partial charge in [0.05, 0.1) is 0 Å². The molecule has 1 saturated carbocycles. The van der Waals surface area contributed by atoms with Crippen molar-refractivity contribution < 1.29 is 0 Å². The van der Waals surface area contributed by atoms with Gasteiger partial charge in [0.1, 0.15) is 0 Å². The van der Waals surface area contributed by atoms with Crippen molar-refractivity contribution in [3.8, 4) is 0 Å². The van der Waals surface area contributed by atoms with Crippen molar-refractivity contribution in [3.63, 3.8) is 0 Å². The summed E-state index contributed by atoms with van der Waals surface area (Å²) in [5.74, 6) is 1.98. The largest absolute Gasteiger partial charge is 0.0654 e. The lowest BCUT2D eigenvalue weighted by atomic mass is 9.65. The van der Waals surface area contributed by atoms with Gasteiger partial charge in [-0.3, -0.25) is 0 Å². The van der Waals surface area contributed by atoms with E-state index in [2.05, 4.69) is 27.7 Å². The van der Waals surface area contributed by atoms with E-state index in [9.17, 15) is 0 Å². The molecule has 0 aromatic heterocycles. The van der Waals surface area contributed by atoms with E-state index in [-0.39, 0.29) is 0 Å². The Bertz CT molecular complexity index is 244. The highest BCUT2D eigenvalue weighted by Crippen LogP contribution is 2.44. The van der Waals surface area contributed by atoms with Crippen molar-refractivity contribution in [2.24, 2.45) is 17.3 Å². The lowest BCUT2D eigenvalue weighted by Crippen LogP contribution is -2.29. The Hall–Kier alpha value is 0. The summed E-state index contributed by atoms with van der Waals surface area (Å²) in [4.78, 5) is 0. The van der Waals surface area contributed by atoms with Gasteiger partial charge in [0.15, 0.2) is 0 Å². The molecule has 3 atom stereocenters. The molecule has 0 aliphatic heterocycles. The summed E-state index contributed by atoms with van der Waals surface area (Å²) < 4.78 is 0. The molecule has 0 N–H and O–H groups in total. The molecule has 0 spiro atoms. The molecule has 0 amide bonds. The monoisotopic (exact) mass is 294 g/mol. The first kappa shape index (κ1) is 19.0. The standard InChI is InChI=1S/C21H42/c1-5-7-8-9-15-20(13-6-2)16-12-18-21(4)17-11-10-14-19(21)3/h19-20H,5-18H2,1-4H3. The van der Waals surface area contributed by atoms with E-state index in [1.54, 1.807) is 0 Å². The Morgan fingerprint density at radius 1 is 0.905 bits per heavy atom. The van der Waals surface area contributed by atoms with Crippen LogP contribution in [-0.2, 0) is 0 Å². The van der Waals surface area contributed by atoms with Gasteiger partial charge >= 0.3 is 0 Å². The fraction of sp³-hybridized carbons (Fsp3) is 1.00. The zero-order valence-electron chi connectivity index (χ0n) is 15.6. The number of hydrogen-bond acceptors (Lipinski definition) is 0. The van der Waals surface area contributed by atoms with Gasteiger partial charge in [-0.2, -0.15) is 0 Å². The summed E-state index contributed by atoms with van der Waals surface area (Å²) in [5, 5.41) is 0. The van der Waals surface area contributed by atoms with Gasteiger partial charge in [-0.05, 0) is 30.1 Å². The molecule has 0 nitrogen and oxygen atoms in total. The fourth-order valence-electron chi connectivity index (χ4n) is 4.44. The minimum Gasteiger partial charge on any atom is -0.0654 e. The first-order valence-electron chi connectivity index (χ1n) is 10.1. The molecule has 0 aromatic carbocycles. The summed E-state index contributed by atoms with van der Waals surface area (Å²) in [6, 6.07) is 0. The quantitative estimate of drug-likeness (QED) is 0.341. The zero-order valence-corrected chi connectivity index (χ0v) is 15.6. The maximum atomic E-state index is 2.58. The molecule has 3 unspecified atom stereocenters. The molecule has 1 fully saturated rings. The second kappa shape index (κ2) is 10.7.